The third-order valence-electron chi connectivity index (χ3n) is 3.10. The number of nitriles is 1. The molecule has 20 heavy (non-hydrogen) atoms. The summed E-state index contributed by atoms with van der Waals surface area (Å²) in [5.74, 6) is 1.16. The first-order chi connectivity index (χ1) is 9.51. The minimum atomic E-state index is -0.613. The van der Waals surface area contributed by atoms with Crippen LogP contribution in [0.25, 0.3) is 0 Å². The molecule has 0 aliphatic heterocycles. The van der Waals surface area contributed by atoms with Crippen LogP contribution in [0.2, 0.25) is 0 Å². The zero-order valence-corrected chi connectivity index (χ0v) is 12.8. The molecular weight excluding hydrogens is 252 g/mol. The maximum absolute atomic E-state index is 10.1. The standard InChI is InChI=1S/C16H24N2O2/c1-12(2)11-18(10-6-9-17)14-7-5-8-15(20-4)16(14)13(3)19/h5,7-8,12-13,19H,6,10-11H2,1-4H3/t13-/m1/s1. The number of benzene rings is 1. The van der Waals surface area contributed by atoms with Crippen LogP contribution in [0.1, 0.15) is 38.9 Å². The lowest BCUT2D eigenvalue weighted by Gasteiger charge is -2.29. The van der Waals surface area contributed by atoms with E-state index in [2.05, 4.69) is 24.8 Å². The molecule has 1 aromatic carbocycles. The second-order valence-corrected chi connectivity index (χ2v) is 5.32. The molecule has 0 fully saturated rings. The zero-order valence-electron chi connectivity index (χ0n) is 12.8. The van der Waals surface area contributed by atoms with E-state index in [1.54, 1.807) is 14.0 Å². The number of aliphatic hydroxyl groups is 1. The van der Waals surface area contributed by atoms with Crippen molar-refractivity contribution in [1.29, 1.82) is 5.26 Å². The lowest BCUT2D eigenvalue weighted by molar-refractivity contribution is 0.194. The van der Waals surface area contributed by atoms with Gasteiger partial charge in [-0.25, -0.2) is 0 Å². The SMILES string of the molecule is COc1cccc(N(CCC#N)CC(C)C)c1[C@@H](C)O. The van der Waals surface area contributed by atoms with Crippen molar-refractivity contribution in [3.8, 4) is 11.8 Å². The third kappa shape index (κ3) is 4.14. The van der Waals surface area contributed by atoms with Gasteiger partial charge in [0.1, 0.15) is 5.75 Å². The Balaban J connectivity index is 3.20. The Labute approximate surface area is 121 Å². The normalized spacial score (nSPS) is 12.1. The molecular formula is C16H24N2O2. The van der Waals surface area contributed by atoms with Gasteiger partial charge < -0.3 is 14.7 Å². The first-order valence-corrected chi connectivity index (χ1v) is 6.98. The van der Waals surface area contributed by atoms with Crippen LogP contribution in [-0.4, -0.2) is 25.3 Å². The van der Waals surface area contributed by atoms with Gasteiger partial charge in [-0.1, -0.05) is 19.9 Å². The van der Waals surface area contributed by atoms with Crippen LogP contribution in [0.3, 0.4) is 0 Å². The number of nitrogens with zero attached hydrogens (tertiary/aromatic N) is 2. The molecule has 4 nitrogen and oxygen atoms in total. The Hall–Kier alpha value is -1.73. The zero-order chi connectivity index (χ0) is 15.1. The molecule has 1 aromatic rings. The van der Waals surface area contributed by atoms with Gasteiger partial charge in [0.2, 0.25) is 0 Å². The summed E-state index contributed by atoms with van der Waals surface area (Å²) < 4.78 is 5.36. The summed E-state index contributed by atoms with van der Waals surface area (Å²) in [6, 6.07) is 7.93. The number of rotatable bonds is 7. The fraction of sp³-hybridized carbons (Fsp3) is 0.562. The van der Waals surface area contributed by atoms with Crippen molar-refractivity contribution in [2.75, 3.05) is 25.1 Å². The number of hydrogen-bond acceptors (Lipinski definition) is 4. The van der Waals surface area contributed by atoms with Crippen molar-refractivity contribution in [1.82, 2.24) is 0 Å². The largest absolute Gasteiger partial charge is 0.496 e. The topological polar surface area (TPSA) is 56.5 Å². The number of hydrogen-bond donors (Lipinski definition) is 1. The first kappa shape index (κ1) is 16.3. The lowest BCUT2D eigenvalue weighted by atomic mass is 10.0. The molecule has 0 saturated carbocycles. The lowest BCUT2D eigenvalue weighted by Crippen LogP contribution is -2.29. The van der Waals surface area contributed by atoms with Gasteiger partial charge in [-0.2, -0.15) is 5.26 Å². The summed E-state index contributed by atoms with van der Waals surface area (Å²) in [5.41, 5.74) is 1.73. The highest BCUT2D eigenvalue weighted by Gasteiger charge is 2.19. The van der Waals surface area contributed by atoms with Gasteiger partial charge in [0, 0.05) is 24.3 Å². The van der Waals surface area contributed by atoms with E-state index in [9.17, 15) is 5.11 Å². The molecule has 0 aliphatic rings. The van der Waals surface area contributed by atoms with Crippen LogP contribution in [0.5, 0.6) is 5.75 Å². The molecule has 1 N–H and O–H groups in total. The van der Waals surface area contributed by atoms with Gasteiger partial charge in [-0.15, -0.1) is 0 Å². The van der Waals surface area contributed by atoms with Crippen molar-refractivity contribution in [2.24, 2.45) is 5.92 Å². The molecule has 1 atom stereocenters. The molecule has 0 heterocycles. The molecule has 1 rings (SSSR count). The number of methoxy groups -OCH3 is 1. The van der Waals surface area contributed by atoms with Crippen LogP contribution >= 0.6 is 0 Å². The van der Waals surface area contributed by atoms with Crippen molar-refractivity contribution >= 4 is 5.69 Å². The highest BCUT2D eigenvalue weighted by atomic mass is 16.5. The molecule has 0 radical (unpaired) electrons. The monoisotopic (exact) mass is 276 g/mol. The van der Waals surface area contributed by atoms with Crippen molar-refractivity contribution in [3.63, 3.8) is 0 Å². The Kier molecular flexibility index (Phi) is 6.33. The van der Waals surface area contributed by atoms with E-state index < -0.39 is 6.10 Å². The number of aliphatic hydroxyl groups excluding tert-OH is 1. The maximum Gasteiger partial charge on any atom is 0.126 e. The average molecular weight is 276 g/mol. The maximum atomic E-state index is 10.1. The Morgan fingerprint density at radius 2 is 2.05 bits per heavy atom. The predicted molar refractivity (Wildman–Crippen MR) is 80.9 cm³/mol. The minimum absolute atomic E-state index is 0.461. The molecule has 0 spiro atoms. The van der Waals surface area contributed by atoms with E-state index in [0.29, 0.717) is 24.6 Å². The van der Waals surface area contributed by atoms with Gasteiger partial charge in [0.25, 0.3) is 0 Å². The summed E-state index contributed by atoms with van der Waals surface area (Å²) in [5, 5.41) is 18.9. The minimum Gasteiger partial charge on any atom is -0.496 e. The van der Waals surface area contributed by atoms with E-state index in [1.165, 1.54) is 0 Å². The third-order valence-corrected chi connectivity index (χ3v) is 3.10. The van der Waals surface area contributed by atoms with E-state index in [1.807, 2.05) is 18.2 Å². The molecule has 0 bridgehead atoms. The molecule has 0 aliphatic carbocycles. The number of anilines is 1. The Morgan fingerprint density at radius 1 is 1.35 bits per heavy atom. The summed E-state index contributed by atoms with van der Waals surface area (Å²) in [6.07, 6.45) is -0.152. The van der Waals surface area contributed by atoms with E-state index in [0.717, 1.165) is 17.8 Å². The molecule has 4 heteroatoms. The second-order valence-electron chi connectivity index (χ2n) is 5.32. The average Bonchev–Trinajstić information content (AvgIpc) is 2.41. The predicted octanol–water partition coefficient (Wildman–Crippen LogP) is 3.12. The summed E-state index contributed by atoms with van der Waals surface area (Å²) in [4.78, 5) is 2.15. The van der Waals surface area contributed by atoms with Gasteiger partial charge in [0.05, 0.1) is 25.7 Å². The van der Waals surface area contributed by atoms with Gasteiger partial charge in [0.15, 0.2) is 0 Å². The first-order valence-electron chi connectivity index (χ1n) is 6.98. The Bertz CT molecular complexity index is 464. The molecule has 0 amide bonds. The van der Waals surface area contributed by atoms with Crippen molar-refractivity contribution in [3.05, 3.63) is 23.8 Å². The van der Waals surface area contributed by atoms with Crippen LogP contribution in [0, 0.1) is 17.2 Å². The van der Waals surface area contributed by atoms with Crippen molar-refractivity contribution in [2.45, 2.75) is 33.3 Å². The van der Waals surface area contributed by atoms with E-state index in [4.69, 9.17) is 10.00 Å². The molecule has 110 valence electrons. The van der Waals surface area contributed by atoms with Crippen LogP contribution < -0.4 is 9.64 Å². The smallest absolute Gasteiger partial charge is 0.126 e. The highest BCUT2D eigenvalue weighted by molar-refractivity contribution is 5.60. The Morgan fingerprint density at radius 3 is 2.55 bits per heavy atom. The fourth-order valence-corrected chi connectivity index (χ4v) is 2.34. The molecule has 0 aromatic heterocycles. The quantitative estimate of drug-likeness (QED) is 0.831. The molecule has 0 unspecified atom stereocenters. The van der Waals surface area contributed by atoms with Crippen LogP contribution in [0.15, 0.2) is 18.2 Å². The van der Waals surface area contributed by atoms with Gasteiger partial charge in [-0.05, 0) is 25.0 Å². The molecule has 0 saturated heterocycles. The highest BCUT2D eigenvalue weighted by Crippen LogP contribution is 2.35. The van der Waals surface area contributed by atoms with E-state index in [-0.39, 0.29) is 0 Å². The summed E-state index contributed by atoms with van der Waals surface area (Å²) in [7, 11) is 1.60. The van der Waals surface area contributed by atoms with Crippen LogP contribution in [0.4, 0.5) is 5.69 Å². The summed E-state index contributed by atoms with van der Waals surface area (Å²) >= 11 is 0. The summed E-state index contributed by atoms with van der Waals surface area (Å²) in [6.45, 7) is 7.51. The number of ether oxygens (including phenoxy) is 1. The van der Waals surface area contributed by atoms with Crippen molar-refractivity contribution < 1.29 is 9.84 Å². The fourth-order valence-electron chi connectivity index (χ4n) is 2.34. The van der Waals surface area contributed by atoms with E-state index >= 15 is 0 Å². The van der Waals surface area contributed by atoms with Gasteiger partial charge >= 0.3 is 0 Å². The van der Waals surface area contributed by atoms with Crippen LogP contribution in [-0.2, 0) is 0 Å². The van der Waals surface area contributed by atoms with Gasteiger partial charge in [-0.3, -0.25) is 0 Å². The second kappa shape index (κ2) is 7.76.